The van der Waals surface area contributed by atoms with E-state index in [-0.39, 0.29) is 11.7 Å². The van der Waals surface area contributed by atoms with Crippen molar-refractivity contribution in [3.8, 4) is 0 Å². The first-order valence-corrected chi connectivity index (χ1v) is 9.79. The molecule has 8 heteroatoms. The second kappa shape index (κ2) is 9.05. The number of piperidine rings is 1. The highest BCUT2D eigenvalue weighted by atomic mass is 32.1. The minimum Gasteiger partial charge on any atom is -0.346 e. The molecule has 0 spiro atoms. The number of rotatable bonds is 5. The smallest absolute Gasteiger partial charge is 0.313 e. The topological polar surface area (TPSA) is 61.4 Å². The zero-order valence-corrected chi connectivity index (χ0v) is 15.5. The molecule has 2 aromatic rings. The van der Waals surface area contributed by atoms with Gasteiger partial charge in [-0.2, -0.15) is 11.3 Å². The molecule has 1 atom stereocenters. The number of hydrogen-bond acceptors (Lipinski definition) is 4. The van der Waals surface area contributed by atoms with E-state index >= 15 is 0 Å². The normalized spacial score (nSPS) is 15.9. The molecular formula is C19H21F2N3O2S. The number of anilines is 1. The largest absolute Gasteiger partial charge is 0.346 e. The van der Waals surface area contributed by atoms with Crippen LogP contribution in [0.25, 0.3) is 0 Å². The lowest BCUT2D eigenvalue weighted by Crippen LogP contribution is -2.43. The van der Waals surface area contributed by atoms with E-state index in [1.54, 1.807) is 11.3 Å². The molecule has 0 saturated carbocycles. The summed E-state index contributed by atoms with van der Waals surface area (Å²) >= 11 is 1.59. The molecule has 1 saturated heterocycles. The van der Waals surface area contributed by atoms with Crippen LogP contribution in [0.3, 0.4) is 0 Å². The van der Waals surface area contributed by atoms with Crippen LogP contribution in [0.1, 0.15) is 30.9 Å². The molecule has 0 aliphatic carbocycles. The summed E-state index contributed by atoms with van der Waals surface area (Å²) in [6.45, 7) is 2.22. The molecule has 0 bridgehead atoms. The molecule has 2 heterocycles. The number of nitrogens with zero attached hydrogens (tertiary/aromatic N) is 1. The van der Waals surface area contributed by atoms with Gasteiger partial charge < -0.3 is 10.6 Å². The van der Waals surface area contributed by atoms with Gasteiger partial charge in [0.15, 0.2) is 11.6 Å². The van der Waals surface area contributed by atoms with Crippen molar-refractivity contribution in [3.63, 3.8) is 0 Å². The lowest BCUT2D eigenvalue weighted by Gasteiger charge is -2.34. The first-order chi connectivity index (χ1) is 13.0. The van der Waals surface area contributed by atoms with E-state index in [1.165, 1.54) is 12.5 Å². The maximum Gasteiger partial charge on any atom is 0.313 e. The van der Waals surface area contributed by atoms with E-state index in [9.17, 15) is 18.4 Å². The fourth-order valence-corrected chi connectivity index (χ4v) is 3.89. The Balaban J connectivity index is 1.59. The highest BCUT2D eigenvalue weighted by Gasteiger charge is 2.24. The molecule has 1 aliphatic rings. The molecule has 1 aromatic heterocycles. The Morgan fingerprint density at radius 1 is 1.07 bits per heavy atom. The highest BCUT2D eigenvalue weighted by molar-refractivity contribution is 7.08. The van der Waals surface area contributed by atoms with Crippen LogP contribution >= 0.6 is 11.3 Å². The maximum absolute atomic E-state index is 13.2. The molecular weight excluding hydrogens is 372 g/mol. The van der Waals surface area contributed by atoms with Gasteiger partial charge in [-0.1, -0.05) is 6.42 Å². The fraction of sp³-hybridized carbons (Fsp3) is 0.368. The summed E-state index contributed by atoms with van der Waals surface area (Å²) in [5, 5.41) is 8.98. The lowest BCUT2D eigenvalue weighted by molar-refractivity contribution is -0.136. The van der Waals surface area contributed by atoms with Crippen LogP contribution in [0.5, 0.6) is 0 Å². The number of halogens is 2. The number of amides is 2. The number of hydrogen-bond donors (Lipinski definition) is 2. The molecule has 0 radical (unpaired) electrons. The average molecular weight is 393 g/mol. The minimum absolute atomic E-state index is 0.0107. The first kappa shape index (κ1) is 19.4. The molecule has 144 valence electrons. The molecule has 5 nitrogen and oxygen atoms in total. The predicted molar refractivity (Wildman–Crippen MR) is 100 cm³/mol. The predicted octanol–water partition coefficient (Wildman–Crippen LogP) is 3.31. The SMILES string of the molecule is O=C(NCC(c1ccsc1)N1CCCCC1)C(=O)Nc1ccc(F)c(F)c1. The molecule has 27 heavy (non-hydrogen) atoms. The number of carbonyl (C=O) groups excluding carboxylic acids is 2. The van der Waals surface area contributed by atoms with Crippen LogP contribution in [-0.4, -0.2) is 36.3 Å². The van der Waals surface area contributed by atoms with Gasteiger partial charge in [-0.25, -0.2) is 8.78 Å². The van der Waals surface area contributed by atoms with Crippen LogP contribution in [-0.2, 0) is 9.59 Å². The Kier molecular flexibility index (Phi) is 6.52. The quantitative estimate of drug-likeness (QED) is 0.767. The van der Waals surface area contributed by atoms with E-state index in [0.717, 1.165) is 43.6 Å². The van der Waals surface area contributed by atoms with E-state index < -0.39 is 23.4 Å². The third-order valence-corrected chi connectivity index (χ3v) is 5.30. The van der Waals surface area contributed by atoms with E-state index in [0.29, 0.717) is 6.54 Å². The third kappa shape index (κ3) is 5.11. The Bertz CT molecular complexity index is 792. The van der Waals surface area contributed by atoms with Gasteiger partial charge in [0.2, 0.25) is 0 Å². The Hall–Kier alpha value is -2.32. The van der Waals surface area contributed by atoms with E-state index in [2.05, 4.69) is 15.5 Å². The monoisotopic (exact) mass is 393 g/mol. The van der Waals surface area contributed by atoms with Crippen molar-refractivity contribution in [1.29, 1.82) is 0 Å². The average Bonchev–Trinajstić information content (AvgIpc) is 3.20. The summed E-state index contributed by atoms with van der Waals surface area (Å²) in [4.78, 5) is 26.5. The number of carbonyl (C=O) groups is 2. The number of nitrogens with one attached hydrogen (secondary N) is 2. The summed E-state index contributed by atoms with van der Waals surface area (Å²) in [5.41, 5.74) is 1.14. The van der Waals surface area contributed by atoms with Crippen molar-refractivity contribution in [1.82, 2.24) is 10.2 Å². The van der Waals surface area contributed by atoms with Gasteiger partial charge in [0.05, 0.1) is 6.04 Å². The van der Waals surface area contributed by atoms with E-state index in [4.69, 9.17) is 0 Å². The summed E-state index contributed by atoms with van der Waals surface area (Å²) in [6.07, 6.45) is 3.44. The third-order valence-electron chi connectivity index (χ3n) is 4.60. The Morgan fingerprint density at radius 2 is 1.85 bits per heavy atom. The minimum atomic E-state index is -1.09. The Labute approximate surface area is 160 Å². The number of benzene rings is 1. The van der Waals surface area contributed by atoms with Gasteiger partial charge in [-0.05, 0) is 60.5 Å². The molecule has 3 rings (SSSR count). The Morgan fingerprint density at radius 3 is 2.52 bits per heavy atom. The van der Waals surface area contributed by atoms with Crippen molar-refractivity contribution in [2.24, 2.45) is 0 Å². The summed E-state index contributed by atoms with van der Waals surface area (Å²) in [5.74, 6) is -3.82. The standard InChI is InChI=1S/C19H21F2N3O2S/c20-15-5-4-14(10-16(15)21)23-19(26)18(25)22-11-17(13-6-9-27-12-13)24-7-2-1-3-8-24/h4-6,9-10,12,17H,1-3,7-8,11H2,(H,22,25)(H,23,26). The molecule has 2 amide bonds. The van der Waals surface area contributed by atoms with Crippen molar-refractivity contribution in [2.75, 3.05) is 25.0 Å². The van der Waals surface area contributed by atoms with Gasteiger partial charge in [0.1, 0.15) is 0 Å². The maximum atomic E-state index is 13.2. The van der Waals surface area contributed by atoms with Crippen LogP contribution < -0.4 is 10.6 Å². The van der Waals surface area contributed by atoms with Gasteiger partial charge in [-0.15, -0.1) is 0 Å². The van der Waals surface area contributed by atoms with Gasteiger partial charge >= 0.3 is 11.8 Å². The summed E-state index contributed by atoms with van der Waals surface area (Å²) in [7, 11) is 0. The van der Waals surface area contributed by atoms with Crippen LogP contribution in [0.4, 0.5) is 14.5 Å². The van der Waals surface area contributed by atoms with Crippen LogP contribution in [0.2, 0.25) is 0 Å². The van der Waals surface area contributed by atoms with Gasteiger partial charge in [0.25, 0.3) is 0 Å². The summed E-state index contributed by atoms with van der Waals surface area (Å²) in [6, 6.07) is 4.97. The molecule has 2 N–H and O–H groups in total. The second-order valence-electron chi connectivity index (χ2n) is 6.46. The fourth-order valence-electron chi connectivity index (χ4n) is 3.18. The molecule has 1 unspecified atom stereocenters. The number of likely N-dealkylation sites (tertiary alicyclic amines) is 1. The van der Waals surface area contributed by atoms with Gasteiger partial charge in [0, 0.05) is 18.3 Å². The zero-order valence-electron chi connectivity index (χ0n) is 14.7. The lowest BCUT2D eigenvalue weighted by atomic mass is 10.0. The van der Waals surface area contributed by atoms with Crippen molar-refractivity contribution in [3.05, 3.63) is 52.2 Å². The first-order valence-electron chi connectivity index (χ1n) is 8.85. The molecule has 1 aliphatic heterocycles. The van der Waals surface area contributed by atoms with Gasteiger partial charge in [-0.3, -0.25) is 14.5 Å². The molecule has 1 fully saturated rings. The summed E-state index contributed by atoms with van der Waals surface area (Å²) < 4.78 is 26.2. The van der Waals surface area contributed by atoms with Crippen molar-refractivity contribution < 1.29 is 18.4 Å². The van der Waals surface area contributed by atoms with Crippen LogP contribution in [0.15, 0.2) is 35.0 Å². The second-order valence-corrected chi connectivity index (χ2v) is 7.24. The highest BCUT2D eigenvalue weighted by Crippen LogP contribution is 2.25. The van der Waals surface area contributed by atoms with Crippen molar-refractivity contribution >= 4 is 28.8 Å². The molecule has 1 aromatic carbocycles. The van der Waals surface area contributed by atoms with E-state index in [1.807, 2.05) is 16.8 Å². The number of thiophene rings is 1. The van der Waals surface area contributed by atoms with Crippen molar-refractivity contribution in [2.45, 2.75) is 25.3 Å². The zero-order chi connectivity index (χ0) is 19.2. The van der Waals surface area contributed by atoms with Crippen LogP contribution in [0, 0.1) is 11.6 Å².